The first-order valence-corrected chi connectivity index (χ1v) is 6.55. The molecule has 0 amide bonds. The Bertz CT molecular complexity index is 385. The monoisotopic (exact) mass is 233 g/mol. The van der Waals surface area contributed by atoms with Crippen LogP contribution in [0.15, 0.2) is 12.4 Å². The predicted octanol–water partition coefficient (Wildman–Crippen LogP) is 2.52. The summed E-state index contributed by atoms with van der Waals surface area (Å²) in [6.45, 7) is 11.0. The number of fused-ring (bicyclic) bond motifs is 1. The Labute approximate surface area is 104 Å². The number of anilines is 1. The molecule has 0 fully saturated rings. The van der Waals surface area contributed by atoms with Crippen LogP contribution in [-0.4, -0.2) is 24.2 Å². The number of hydrogen-bond acceptors (Lipinski definition) is 3. The quantitative estimate of drug-likeness (QED) is 0.851. The van der Waals surface area contributed by atoms with Crippen LogP contribution in [0.5, 0.6) is 0 Å². The third kappa shape index (κ3) is 2.44. The molecule has 94 valence electrons. The number of rotatable bonds is 2. The molecule has 2 rings (SSSR count). The fourth-order valence-corrected chi connectivity index (χ4v) is 2.41. The van der Waals surface area contributed by atoms with E-state index < -0.39 is 0 Å². The molecule has 1 aromatic heterocycles. The maximum atomic E-state index is 4.40. The van der Waals surface area contributed by atoms with Gasteiger partial charge in [0.05, 0.1) is 6.67 Å². The van der Waals surface area contributed by atoms with Gasteiger partial charge in [0.2, 0.25) is 0 Å². The minimum Gasteiger partial charge on any atom is -0.356 e. The van der Waals surface area contributed by atoms with Crippen LogP contribution in [-0.2, 0) is 6.42 Å². The number of hydrogen-bond donors (Lipinski definition) is 1. The van der Waals surface area contributed by atoms with Crippen molar-refractivity contribution in [3.63, 3.8) is 0 Å². The number of nitrogens with zero attached hydrogens (tertiary/aromatic N) is 2. The van der Waals surface area contributed by atoms with Gasteiger partial charge in [0.25, 0.3) is 0 Å². The Morgan fingerprint density at radius 1 is 1.24 bits per heavy atom. The SMILES string of the molecule is CC(C)c1cncc2c1N(C(C)C)CNCC2. The number of pyridine rings is 1. The Morgan fingerprint density at radius 3 is 2.65 bits per heavy atom. The summed E-state index contributed by atoms with van der Waals surface area (Å²) in [5, 5.41) is 3.49. The zero-order valence-electron chi connectivity index (χ0n) is 11.3. The molecule has 0 unspecified atom stereocenters. The molecular formula is C14H23N3. The molecule has 1 aliphatic heterocycles. The molecular weight excluding hydrogens is 210 g/mol. The molecule has 0 aromatic carbocycles. The molecule has 0 spiro atoms. The summed E-state index contributed by atoms with van der Waals surface area (Å²) in [6, 6.07) is 0.513. The summed E-state index contributed by atoms with van der Waals surface area (Å²) in [6.07, 6.45) is 5.14. The van der Waals surface area contributed by atoms with Crippen LogP contribution in [0.2, 0.25) is 0 Å². The standard InChI is InChI=1S/C14H23N3/c1-10(2)13-8-16-7-12-5-6-15-9-17(11(3)4)14(12)13/h7-8,10-11,15H,5-6,9H2,1-4H3. The van der Waals surface area contributed by atoms with E-state index in [-0.39, 0.29) is 0 Å². The summed E-state index contributed by atoms with van der Waals surface area (Å²) in [7, 11) is 0. The topological polar surface area (TPSA) is 28.2 Å². The first-order valence-electron chi connectivity index (χ1n) is 6.55. The fraction of sp³-hybridized carbons (Fsp3) is 0.643. The molecule has 0 atom stereocenters. The molecule has 2 heterocycles. The maximum Gasteiger partial charge on any atom is 0.0685 e. The zero-order chi connectivity index (χ0) is 12.4. The van der Waals surface area contributed by atoms with Crippen molar-refractivity contribution in [3.05, 3.63) is 23.5 Å². The van der Waals surface area contributed by atoms with Gasteiger partial charge in [-0.2, -0.15) is 0 Å². The highest BCUT2D eigenvalue weighted by Gasteiger charge is 2.22. The van der Waals surface area contributed by atoms with Crippen molar-refractivity contribution in [1.29, 1.82) is 0 Å². The van der Waals surface area contributed by atoms with Crippen molar-refractivity contribution in [1.82, 2.24) is 10.3 Å². The molecule has 1 aromatic rings. The van der Waals surface area contributed by atoms with Gasteiger partial charge >= 0.3 is 0 Å². The maximum absolute atomic E-state index is 4.40. The third-order valence-corrected chi connectivity index (χ3v) is 3.41. The van der Waals surface area contributed by atoms with E-state index >= 15 is 0 Å². The van der Waals surface area contributed by atoms with Crippen molar-refractivity contribution < 1.29 is 0 Å². The lowest BCUT2D eigenvalue weighted by atomic mass is 9.98. The fourth-order valence-electron chi connectivity index (χ4n) is 2.41. The molecule has 0 radical (unpaired) electrons. The lowest BCUT2D eigenvalue weighted by Gasteiger charge is -2.31. The van der Waals surface area contributed by atoms with Crippen LogP contribution in [0.25, 0.3) is 0 Å². The van der Waals surface area contributed by atoms with E-state index in [2.05, 4.69) is 42.9 Å². The van der Waals surface area contributed by atoms with E-state index in [9.17, 15) is 0 Å². The summed E-state index contributed by atoms with van der Waals surface area (Å²) >= 11 is 0. The Morgan fingerprint density at radius 2 is 2.00 bits per heavy atom. The second-order valence-corrected chi connectivity index (χ2v) is 5.36. The van der Waals surface area contributed by atoms with Crippen molar-refractivity contribution >= 4 is 5.69 Å². The van der Waals surface area contributed by atoms with Gasteiger partial charge in [0, 0.05) is 30.7 Å². The number of nitrogens with one attached hydrogen (secondary N) is 1. The number of aromatic nitrogens is 1. The van der Waals surface area contributed by atoms with E-state index in [1.165, 1.54) is 16.8 Å². The highest BCUT2D eigenvalue weighted by Crippen LogP contribution is 2.32. The average Bonchev–Trinajstić information content (AvgIpc) is 2.50. The van der Waals surface area contributed by atoms with Gasteiger partial charge in [-0.05, 0) is 37.3 Å². The van der Waals surface area contributed by atoms with Crippen LogP contribution in [0.1, 0.15) is 44.7 Å². The van der Waals surface area contributed by atoms with Crippen LogP contribution in [0.4, 0.5) is 5.69 Å². The van der Waals surface area contributed by atoms with Crippen molar-refractivity contribution in [3.8, 4) is 0 Å². The van der Waals surface area contributed by atoms with E-state index in [0.29, 0.717) is 12.0 Å². The largest absolute Gasteiger partial charge is 0.356 e. The normalized spacial score (nSPS) is 16.2. The van der Waals surface area contributed by atoms with Gasteiger partial charge in [-0.15, -0.1) is 0 Å². The lowest BCUT2D eigenvalue weighted by molar-refractivity contribution is 0.614. The molecule has 0 saturated carbocycles. The van der Waals surface area contributed by atoms with Crippen molar-refractivity contribution in [2.45, 2.75) is 46.1 Å². The van der Waals surface area contributed by atoms with Gasteiger partial charge in [0.1, 0.15) is 0 Å². The van der Waals surface area contributed by atoms with Gasteiger partial charge in [-0.1, -0.05) is 13.8 Å². The molecule has 1 N–H and O–H groups in total. The van der Waals surface area contributed by atoms with Gasteiger partial charge in [0.15, 0.2) is 0 Å². The average molecular weight is 233 g/mol. The first-order chi connectivity index (χ1) is 8.11. The minimum atomic E-state index is 0.513. The molecule has 0 saturated heterocycles. The van der Waals surface area contributed by atoms with E-state index in [1.54, 1.807) is 0 Å². The molecule has 1 aliphatic rings. The van der Waals surface area contributed by atoms with Gasteiger partial charge < -0.3 is 4.90 Å². The van der Waals surface area contributed by atoms with Crippen LogP contribution in [0.3, 0.4) is 0 Å². The minimum absolute atomic E-state index is 0.513. The first kappa shape index (κ1) is 12.4. The zero-order valence-corrected chi connectivity index (χ0v) is 11.3. The Kier molecular flexibility index (Phi) is 3.67. The van der Waals surface area contributed by atoms with E-state index in [4.69, 9.17) is 0 Å². The van der Waals surface area contributed by atoms with Crippen LogP contribution in [0, 0.1) is 0 Å². The van der Waals surface area contributed by atoms with E-state index in [1.807, 2.05) is 12.4 Å². The smallest absolute Gasteiger partial charge is 0.0685 e. The van der Waals surface area contributed by atoms with Crippen molar-refractivity contribution in [2.24, 2.45) is 0 Å². The second-order valence-electron chi connectivity index (χ2n) is 5.36. The predicted molar refractivity (Wildman–Crippen MR) is 72.5 cm³/mol. The molecule has 0 bridgehead atoms. The molecule has 3 heteroatoms. The van der Waals surface area contributed by atoms with E-state index in [0.717, 1.165) is 19.6 Å². The van der Waals surface area contributed by atoms with Gasteiger partial charge in [-0.25, -0.2) is 0 Å². The lowest BCUT2D eigenvalue weighted by Crippen LogP contribution is -2.38. The molecule has 17 heavy (non-hydrogen) atoms. The molecule has 3 nitrogen and oxygen atoms in total. The van der Waals surface area contributed by atoms with Crippen LogP contribution >= 0.6 is 0 Å². The van der Waals surface area contributed by atoms with Gasteiger partial charge in [-0.3, -0.25) is 10.3 Å². The Balaban J connectivity index is 2.52. The summed E-state index contributed by atoms with van der Waals surface area (Å²) in [5.74, 6) is 0.525. The summed E-state index contributed by atoms with van der Waals surface area (Å²) in [5.41, 5.74) is 4.17. The summed E-state index contributed by atoms with van der Waals surface area (Å²) in [4.78, 5) is 6.86. The summed E-state index contributed by atoms with van der Waals surface area (Å²) < 4.78 is 0. The Hall–Kier alpha value is -1.09. The highest BCUT2D eigenvalue weighted by molar-refractivity contribution is 5.60. The van der Waals surface area contributed by atoms with Crippen molar-refractivity contribution in [2.75, 3.05) is 18.1 Å². The highest BCUT2D eigenvalue weighted by atomic mass is 15.2. The second kappa shape index (κ2) is 5.05. The molecule has 0 aliphatic carbocycles. The third-order valence-electron chi connectivity index (χ3n) is 3.41. The van der Waals surface area contributed by atoms with Crippen LogP contribution < -0.4 is 10.2 Å².